The van der Waals surface area contributed by atoms with Gasteiger partial charge in [0, 0.05) is 22.5 Å². The highest BCUT2D eigenvalue weighted by Gasteiger charge is 2.28. The van der Waals surface area contributed by atoms with Crippen molar-refractivity contribution in [1.29, 1.82) is 0 Å². The first-order valence-electron chi connectivity index (χ1n) is 7.05. The van der Waals surface area contributed by atoms with Crippen LogP contribution < -0.4 is 5.32 Å². The van der Waals surface area contributed by atoms with Crippen LogP contribution in [0, 0.1) is 5.82 Å². The molecule has 0 saturated carbocycles. The molecule has 1 aliphatic heterocycles. The van der Waals surface area contributed by atoms with E-state index in [1.165, 1.54) is 6.07 Å². The Morgan fingerprint density at radius 3 is 2.43 bits per heavy atom. The summed E-state index contributed by atoms with van der Waals surface area (Å²) in [6.45, 7) is 1.78. The first kappa shape index (κ1) is 14.8. The fourth-order valence-corrected chi connectivity index (χ4v) is 3.68. The fourth-order valence-electron chi connectivity index (χ4n) is 3.13. The van der Waals surface area contributed by atoms with Crippen LogP contribution in [0.15, 0.2) is 42.5 Å². The number of benzene rings is 2. The van der Waals surface area contributed by atoms with Gasteiger partial charge in [0.25, 0.3) is 0 Å². The van der Waals surface area contributed by atoms with Gasteiger partial charge in [0.05, 0.1) is 0 Å². The monoisotopic (exact) mass is 323 g/mol. The van der Waals surface area contributed by atoms with Crippen molar-refractivity contribution in [3.05, 3.63) is 69.5 Å². The van der Waals surface area contributed by atoms with Crippen molar-refractivity contribution in [2.24, 2.45) is 0 Å². The van der Waals surface area contributed by atoms with Crippen LogP contribution in [0.5, 0.6) is 0 Å². The third kappa shape index (κ3) is 3.39. The third-order valence-corrected chi connectivity index (χ3v) is 4.51. The molecular weight excluding hydrogens is 308 g/mol. The molecule has 0 aromatic heterocycles. The van der Waals surface area contributed by atoms with Crippen LogP contribution >= 0.6 is 23.2 Å². The second-order valence-electron chi connectivity index (χ2n) is 5.46. The summed E-state index contributed by atoms with van der Waals surface area (Å²) < 4.78 is 13.5. The van der Waals surface area contributed by atoms with Gasteiger partial charge in [0.2, 0.25) is 0 Å². The molecule has 2 atom stereocenters. The van der Waals surface area contributed by atoms with E-state index >= 15 is 0 Å². The molecule has 21 heavy (non-hydrogen) atoms. The van der Waals surface area contributed by atoms with Gasteiger partial charge in [-0.05, 0) is 60.3 Å². The highest BCUT2D eigenvalue weighted by molar-refractivity contribution is 6.34. The van der Waals surface area contributed by atoms with Crippen LogP contribution in [0.1, 0.15) is 29.4 Å². The van der Waals surface area contributed by atoms with Crippen LogP contribution in [-0.4, -0.2) is 13.1 Å². The molecule has 2 aromatic rings. The first-order valence-corrected chi connectivity index (χ1v) is 7.81. The molecule has 4 heteroatoms. The summed E-state index contributed by atoms with van der Waals surface area (Å²) in [6, 6.07) is 12.5. The smallest absolute Gasteiger partial charge is 0.123 e. The highest BCUT2D eigenvalue weighted by Crippen LogP contribution is 2.39. The van der Waals surface area contributed by atoms with Crippen molar-refractivity contribution in [3.63, 3.8) is 0 Å². The molecule has 0 spiro atoms. The number of halogens is 3. The van der Waals surface area contributed by atoms with E-state index < -0.39 is 0 Å². The van der Waals surface area contributed by atoms with Gasteiger partial charge in [-0.2, -0.15) is 0 Å². The number of rotatable bonds is 2. The number of piperidine rings is 1. The summed E-state index contributed by atoms with van der Waals surface area (Å²) >= 11 is 12.3. The molecule has 0 aliphatic carbocycles. The summed E-state index contributed by atoms with van der Waals surface area (Å²) in [5.41, 5.74) is 2.14. The van der Waals surface area contributed by atoms with Crippen molar-refractivity contribution < 1.29 is 4.39 Å². The van der Waals surface area contributed by atoms with Crippen LogP contribution in [0.4, 0.5) is 4.39 Å². The summed E-state index contributed by atoms with van der Waals surface area (Å²) in [7, 11) is 0. The standard InChI is InChI=1S/C17H16Cl2FN/c18-13-6-12(7-14(19)9-13)16-4-5-21-10-17(16)11-2-1-3-15(20)8-11/h1-3,6-9,16-17,21H,4-5,10H2. The predicted octanol–water partition coefficient (Wildman–Crippen LogP) is 4.99. The molecule has 0 amide bonds. The van der Waals surface area contributed by atoms with Crippen LogP contribution in [0.2, 0.25) is 10.0 Å². The molecule has 1 N–H and O–H groups in total. The average Bonchev–Trinajstić information content (AvgIpc) is 2.46. The van der Waals surface area contributed by atoms with Gasteiger partial charge >= 0.3 is 0 Å². The Balaban J connectivity index is 1.98. The number of nitrogens with one attached hydrogen (secondary N) is 1. The Labute approximate surface area is 134 Å². The molecule has 1 fully saturated rings. The minimum atomic E-state index is -0.194. The minimum Gasteiger partial charge on any atom is -0.316 e. The third-order valence-electron chi connectivity index (χ3n) is 4.07. The first-order chi connectivity index (χ1) is 10.1. The van der Waals surface area contributed by atoms with E-state index in [0.717, 1.165) is 30.6 Å². The summed E-state index contributed by atoms with van der Waals surface area (Å²) in [5.74, 6) is 0.328. The van der Waals surface area contributed by atoms with Gasteiger partial charge in [-0.3, -0.25) is 0 Å². The van der Waals surface area contributed by atoms with Gasteiger partial charge in [0.15, 0.2) is 0 Å². The van der Waals surface area contributed by atoms with Crippen molar-refractivity contribution in [2.75, 3.05) is 13.1 Å². The molecule has 2 unspecified atom stereocenters. The largest absolute Gasteiger partial charge is 0.316 e. The molecule has 2 aromatic carbocycles. The normalized spacial score (nSPS) is 22.2. The number of hydrogen-bond acceptors (Lipinski definition) is 1. The second-order valence-corrected chi connectivity index (χ2v) is 6.34. The van der Waals surface area contributed by atoms with Crippen LogP contribution in [-0.2, 0) is 0 Å². The average molecular weight is 324 g/mol. The zero-order valence-corrected chi connectivity index (χ0v) is 13.0. The molecule has 0 radical (unpaired) electrons. The topological polar surface area (TPSA) is 12.0 Å². The van der Waals surface area contributed by atoms with Crippen molar-refractivity contribution >= 4 is 23.2 Å². The van der Waals surface area contributed by atoms with E-state index in [1.807, 2.05) is 18.2 Å². The molecule has 1 saturated heterocycles. The Morgan fingerprint density at radius 1 is 0.952 bits per heavy atom. The maximum Gasteiger partial charge on any atom is 0.123 e. The molecule has 1 aliphatic rings. The van der Waals surface area contributed by atoms with Gasteiger partial charge in [0.1, 0.15) is 5.82 Å². The zero-order chi connectivity index (χ0) is 14.8. The van der Waals surface area contributed by atoms with E-state index in [0.29, 0.717) is 16.0 Å². The fraction of sp³-hybridized carbons (Fsp3) is 0.294. The lowest BCUT2D eigenvalue weighted by molar-refractivity contribution is 0.403. The van der Waals surface area contributed by atoms with Gasteiger partial charge in [-0.15, -0.1) is 0 Å². The van der Waals surface area contributed by atoms with Gasteiger partial charge in [-0.25, -0.2) is 4.39 Å². The number of hydrogen-bond donors (Lipinski definition) is 1. The van der Waals surface area contributed by atoms with Crippen molar-refractivity contribution in [3.8, 4) is 0 Å². The van der Waals surface area contributed by atoms with Gasteiger partial charge < -0.3 is 5.32 Å². The molecular formula is C17H16Cl2FN. The minimum absolute atomic E-state index is 0.194. The predicted molar refractivity (Wildman–Crippen MR) is 85.8 cm³/mol. The Bertz CT molecular complexity index is 624. The highest BCUT2D eigenvalue weighted by atomic mass is 35.5. The van der Waals surface area contributed by atoms with E-state index in [2.05, 4.69) is 5.32 Å². The second kappa shape index (κ2) is 6.35. The quantitative estimate of drug-likeness (QED) is 0.820. The molecule has 3 rings (SSSR count). The summed E-state index contributed by atoms with van der Waals surface area (Å²) in [4.78, 5) is 0. The van der Waals surface area contributed by atoms with Crippen molar-refractivity contribution in [2.45, 2.75) is 18.3 Å². The van der Waals surface area contributed by atoms with Crippen molar-refractivity contribution in [1.82, 2.24) is 5.32 Å². The summed E-state index contributed by atoms with van der Waals surface area (Å²) in [6.07, 6.45) is 0.984. The van der Waals surface area contributed by atoms with Crippen LogP contribution in [0.25, 0.3) is 0 Å². The van der Waals surface area contributed by atoms with E-state index in [9.17, 15) is 4.39 Å². The van der Waals surface area contributed by atoms with Crippen LogP contribution in [0.3, 0.4) is 0 Å². The Kier molecular flexibility index (Phi) is 4.48. The summed E-state index contributed by atoms with van der Waals surface area (Å²) in [5, 5.41) is 4.69. The molecule has 1 nitrogen and oxygen atoms in total. The maximum absolute atomic E-state index is 13.5. The van der Waals surface area contributed by atoms with E-state index in [4.69, 9.17) is 23.2 Å². The van der Waals surface area contributed by atoms with Gasteiger partial charge in [-0.1, -0.05) is 35.3 Å². The SMILES string of the molecule is Fc1cccc(C2CNCCC2c2cc(Cl)cc(Cl)c2)c1. The Morgan fingerprint density at radius 2 is 1.71 bits per heavy atom. The molecule has 110 valence electrons. The lowest BCUT2D eigenvalue weighted by Crippen LogP contribution is -2.34. The Hall–Kier alpha value is -1.09. The van der Waals surface area contributed by atoms with E-state index in [-0.39, 0.29) is 11.7 Å². The molecule has 0 bridgehead atoms. The van der Waals surface area contributed by atoms with E-state index in [1.54, 1.807) is 18.2 Å². The lowest BCUT2D eigenvalue weighted by Gasteiger charge is -2.33. The zero-order valence-electron chi connectivity index (χ0n) is 11.5. The maximum atomic E-state index is 13.5. The lowest BCUT2D eigenvalue weighted by atomic mass is 9.77. The molecule has 1 heterocycles.